The van der Waals surface area contributed by atoms with Crippen molar-refractivity contribution in [3.8, 4) is 16.9 Å². The highest BCUT2D eigenvalue weighted by molar-refractivity contribution is 6.29. The third kappa shape index (κ3) is 4.20. The summed E-state index contributed by atoms with van der Waals surface area (Å²) in [5.41, 5.74) is 4.28. The van der Waals surface area contributed by atoms with Crippen LogP contribution in [0.25, 0.3) is 16.9 Å². The molecular formula is C23H19ClN4O. The number of hydrogen-bond acceptors (Lipinski definition) is 3. The van der Waals surface area contributed by atoms with Crippen LogP contribution >= 0.6 is 11.6 Å². The van der Waals surface area contributed by atoms with Crippen molar-refractivity contribution >= 4 is 17.5 Å². The molecule has 144 valence electrons. The van der Waals surface area contributed by atoms with Crippen LogP contribution in [0.2, 0.25) is 5.15 Å². The summed E-state index contributed by atoms with van der Waals surface area (Å²) < 4.78 is 1.85. The fraction of sp³-hybridized carbons (Fsp3) is 0.0870. The normalized spacial score (nSPS) is 10.7. The summed E-state index contributed by atoms with van der Waals surface area (Å²) in [6.45, 7) is 0.413. The number of aromatic nitrogens is 3. The highest BCUT2D eigenvalue weighted by Crippen LogP contribution is 2.25. The Bertz CT molecular complexity index is 1130. The van der Waals surface area contributed by atoms with E-state index in [0.717, 1.165) is 22.5 Å². The number of para-hydroxylation sites is 1. The number of rotatable bonds is 5. The van der Waals surface area contributed by atoms with Crippen LogP contribution in [0.4, 0.5) is 0 Å². The van der Waals surface area contributed by atoms with Crippen LogP contribution in [0.3, 0.4) is 0 Å². The van der Waals surface area contributed by atoms with Gasteiger partial charge in [0.2, 0.25) is 0 Å². The minimum atomic E-state index is -0.124. The summed E-state index contributed by atoms with van der Waals surface area (Å²) >= 11 is 5.94. The van der Waals surface area contributed by atoms with Crippen molar-refractivity contribution in [3.05, 3.63) is 101 Å². The van der Waals surface area contributed by atoms with Gasteiger partial charge >= 0.3 is 0 Å². The molecule has 0 fully saturated rings. The van der Waals surface area contributed by atoms with Gasteiger partial charge in [-0.3, -0.25) is 4.79 Å². The molecule has 2 aromatic heterocycles. The first kappa shape index (κ1) is 18.9. The van der Waals surface area contributed by atoms with Crippen molar-refractivity contribution in [1.29, 1.82) is 0 Å². The SMILES string of the molecule is CN(Cc1cn(-c2ccccc2)nc1-c1ccccc1)C(=O)c1ccnc(Cl)c1. The van der Waals surface area contributed by atoms with E-state index < -0.39 is 0 Å². The standard InChI is InChI=1S/C23H19ClN4O/c1-27(23(29)18-12-13-25-21(24)14-18)15-19-16-28(20-10-6-3-7-11-20)26-22(19)17-8-4-2-5-9-17/h2-14,16H,15H2,1H3. The van der Waals surface area contributed by atoms with E-state index in [1.807, 2.05) is 71.5 Å². The fourth-order valence-electron chi connectivity index (χ4n) is 3.16. The van der Waals surface area contributed by atoms with Crippen molar-refractivity contribution in [3.63, 3.8) is 0 Å². The largest absolute Gasteiger partial charge is 0.337 e. The van der Waals surface area contributed by atoms with E-state index in [2.05, 4.69) is 4.98 Å². The van der Waals surface area contributed by atoms with Gasteiger partial charge in [0.25, 0.3) is 5.91 Å². The zero-order chi connectivity index (χ0) is 20.2. The Morgan fingerprint density at radius 1 is 1.03 bits per heavy atom. The molecule has 1 amide bonds. The molecule has 29 heavy (non-hydrogen) atoms. The number of carbonyl (C=O) groups excluding carboxylic acids is 1. The second-order valence-electron chi connectivity index (χ2n) is 6.68. The summed E-state index contributed by atoms with van der Waals surface area (Å²) in [4.78, 5) is 18.4. The Balaban J connectivity index is 1.68. The van der Waals surface area contributed by atoms with Gasteiger partial charge in [0, 0.05) is 42.7 Å². The van der Waals surface area contributed by atoms with Crippen LogP contribution in [0, 0.1) is 0 Å². The quantitative estimate of drug-likeness (QED) is 0.448. The fourth-order valence-corrected chi connectivity index (χ4v) is 3.33. The van der Waals surface area contributed by atoms with Gasteiger partial charge in [-0.1, -0.05) is 60.1 Å². The minimum absolute atomic E-state index is 0.124. The molecule has 0 saturated carbocycles. The summed E-state index contributed by atoms with van der Waals surface area (Å²) in [5, 5.41) is 5.09. The topological polar surface area (TPSA) is 51.0 Å². The predicted octanol–water partition coefficient (Wildman–Crippen LogP) is 4.86. The monoisotopic (exact) mass is 402 g/mol. The first-order valence-corrected chi connectivity index (χ1v) is 9.56. The zero-order valence-electron chi connectivity index (χ0n) is 15.9. The third-order valence-electron chi connectivity index (χ3n) is 4.59. The Morgan fingerprint density at radius 2 is 1.72 bits per heavy atom. The van der Waals surface area contributed by atoms with Crippen LogP contribution in [0.5, 0.6) is 0 Å². The molecular weight excluding hydrogens is 384 g/mol. The van der Waals surface area contributed by atoms with Crippen molar-refractivity contribution in [2.45, 2.75) is 6.54 Å². The summed E-state index contributed by atoms with van der Waals surface area (Å²) in [6.07, 6.45) is 3.51. The summed E-state index contributed by atoms with van der Waals surface area (Å²) in [5.74, 6) is -0.124. The number of amides is 1. The molecule has 0 atom stereocenters. The number of hydrogen-bond donors (Lipinski definition) is 0. The molecule has 0 saturated heterocycles. The van der Waals surface area contributed by atoms with E-state index in [4.69, 9.17) is 16.7 Å². The second kappa shape index (κ2) is 8.29. The maximum absolute atomic E-state index is 12.8. The van der Waals surface area contributed by atoms with Crippen LogP contribution < -0.4 is 0 Å². The summed E-state index contributed by atoms with van der Waals surface area (Å²) in [7, 11) is 1.77. The van der Waals surface area contributed by atoms with Gasteiger partial charge in [-0.25, -0.2) is 9.67 Å². The molecule has 4 aromatic rings. The Hall–Kier alpha value is -3.44. The molecule has 0 spiro atoms. The molecule has 0 aliphatic carbocycles. The number of pyridine rings is 1. The number of carbonyl (C=O) groups is 1. The molecule has 0 radical (unpaired) electrons. The average molecular weight is 403 g/mol. The Kier molecular flexibility index (Phi) is 5.40. The molecule has 4 rings (SSSR count). The van der Waals surface area contributed by atoms with Gasteiger partial charge in [-0.15, -0.1) is 0 Å². The maximum atomic E-state index is 12.8. The highest BCUT2D eigenvalue weighted by Gasteiger charge is 2.18. The van der Waals surface area contributed by atoms with Crippen molar-refractivity contribution in [2.24, 2.45) is 0 Å². The number of benzene rings is 2. The molecule has 0 N–H and O–H groups in total. The van der Waals surface area contributed by atoms with Gasteiger partial charge in [-0.2, -0.15) is 5.10 Å². The van der Waals surface area contributed by atoms with Gasteiger partial charge in [0.1, 0.15) is 5.15 Å². The van der Waals surface area contributed by atoms with Crippen molar-refractivity contribution in [1.82, 2.24) is 19.7 Å². The average Bonchev–Trinajstić information content (AvgIpc) is 3.18. The minimum Gasteiger partial charge on any atom is -0.337 e. The second-order valence-corrected chi connectivity index (χ2v) is 7.06. The van der Waals surface area contributed by atoms with E-state index in [-0.39, 0.29) is 5.91 Å². The lowest BCUT2D eigenvalue weighted by molar-refractivity contribution is 0.0785. The smallest absolute Gasteiger partial charge is 0.254 e. The number of nitrogens with zero attached hydrogens (tertiary/aromatic N) is 4. The van der Waals surface area contributed by atoms with Crippen LogP contribution in [-0.2, 0) is 6.54 Å². The van der Waals surface area contributed by atoms with Crippen LogP contribution in [0.15, 0.2) is 85.2 Å². The van der Waals surface area contributed by atoms with E-state index >= 15 is 0 Å². The van der Waals surface area contributed by atoms with Crippen molar-refractivity contribution < 1.29 is 4.79 Å². The molecule has 0 bridgehead atoms. The van der Waals surface area contributed by atoms with E-state index in [1.54, 1.807) is 24.1 Å². The molecule has 0 aliphatic heterocycles. The van der Waals surface area contributed by atoms with Gasteiger partial charge in [0.05, 0.1) is 11.4 Å². The molecule has 0 aliphatic rings. The van der Waals surface area contributed by atoms with Crippen LogP contribution in [0.1, 0.15) is 15.9 Å². The Labute approximate surface area is 174 Å². The first-order chi connectivity index (χ1) is 14.1. The lowest BCUT2D eigenvalue weighted by atomic mass is 10.1. The van der Waals surface area contributed by atoms with E-state index in [1.165, 1.54) is 6.20 Å². The molecule has 6 heteroatoms. The first-order valence-electron chi connectivity index (χ1n) is 9.18. The lowest BCUT2D eigenvalue weighted by Crippen LogP contribution is -2.26. The van der Waals surface area contributed by atoms with E-state index in [9.17, 15) is 4.79 Å². The maximum Gasteiger partial charge on any atom is 0.254 e. The lowest BCUT2D eigenvalue weighted by Gasteiger charge is -2.17. The number of halogens is 1. The molecule has 5 nitrogen and oxygen atoms in total. The third-order valence-corrected chi connectivity index (χ3v) is 4.79. The van der Waals surface area contributed by atoms with E-state index in [0.29, 0.717) is 17.3 Å². The molecule has 0 unspecified atom stereocenters. The molecule has 2 aromatic carbocycles. The zero-order valence-corrected chi connectivity index (χ0v) is 16.6. The predicted molar refractivity (Wildman–Crippen MR) is 114 cm³/mol. The summed E-state index contributed by atoms with van der Waals surface area (Å²) in [6, 6.07) is 23.1. The molecule has 2 heterocycles. The van der Waals surface area contributed by atoms with Gasteiger partial charge < -0.3 is 4.90 Å². The van der Waals surface area contributed by atoms with Gasteiger partial charge in [-0.05, 0) is 24.3 Å². The Morgan fingerprint density at radius 3 is 2.41 bits per heavy atom. The van der Waals surface area contributed by atoms with Gasteiger partial charge in [0.15, 0.2) is 0 Å². The van der Waals surface area contributed by atoms with Crippen molar-refractivity contribution in [2.75, 3.05) is 7.05 Å². The van der Waals surface area contributed by atoms with Crippen LogP contribution in [-0.4, -0.2) is 32.6 Å². The highest BCUT2D eigenvalue weighted by atomic mass is 35.5.